The number of hydrogen-bond donors (Lipinski definition) is 1. The first kappa shape index (κ1) is 12.5. The molecule has 0 amide bonds. The Hall–Kier alpha value is -1.94. The van der Waals surface area contributed by atoms with Crippen LogP contribution in [0.2, 0.25) is 0 Å². The van der Waals surface area contributed by atoms with E-state index in [0.717, 1.165) is 29.3 Å². The standard InChI is InChI=1S/C14H17N3O/c1-3-15-13-7-8-16-14(17-13)12-6-4-5-11(9-12)10-18-2/h4-9H,3,10H2,1-2H3,(H,15,16,17). The molecular weight excluding hydrogens is 226 g/mol. The van der Waals surface area contributed by atoms with E-state index in [2.05, 4.69) is 21.4 Å². The lowest BCUT2D eigenvalue weighted by Crippen LogP contribution is -2.01. The van der Waals surface area contributed by atoms with Gasteiger partial charge in [-0.2, -0.15) is 0 Å². The van der Waals surface area contributed by atoms with Crippen molar-refractivity contribution >= 4 is 5.82 Å². The molecule has 18 heavy (non-hydrogen) atoms. The van der Waals surface area contributed by atoms with Crippen molar-refractivity contribution in [2.24, 2.45) is 0 Å². The molecule has 2 aromatic rings. The van der Waals surface area contributed by atoms with Gasteiger partial charge in [-0.05, 0) is 24.6 Å². The quantitative estimate of drug-likeness (QED) is 0.877. The number of benzene rings is 1. The molecule has 0 saturated heterocycles. The molecule has 2 rings (SSSR count). The van der Waals surface area contributed by atoms with Crippen molar-refractivity contribution in [3.63, 3.8) is 0 Å². The molecule has 0 spiro atoms. The Bertz CT molecular complexity index is 466. The predicted octanol–water partition coefficient (Wildman–Crippen LogP) is 2.72. The summed E-state index contributed by atoms with van der Waals surface area (Å²) in [7, 11) is 1.69. The van der Waals surface area contributed by atoms with E-state index in [-0.39, 0.29) is 0 Å². The van der Waals surface area contributed by atoms with E-state index < -0.39 is 0 Å². The van der Waals surface area contributed by atoms with Crippen molar-refractivity contribution < 1.29 is 4.74 Å². The number of anilines is 1. The molecule has 4 heteroatoms. The zero-order valence-corrected chi connectivity index (χ0v) is 10.7. The summed E-state index contributed by atoms with van der Waals surface area (Å²) in [6.45, 7) is 3.49. The molecule has 0 aliphatic rings. The molecule has 0 bridgehead atoms. The molecule has 0 aliphatic heterocycles. The Morgan fingerprint density at radius 1 is 1.28 bits per heavy atom. The lowest BCUT2D eigenvalue weighted by atomic mass is 10.1. The van der Waals surface area contributed by atoms with Gasteiger partial charge in [-0.15, -0.1) is 0 Å². The van der Waals surface area contributed by atoms with Gasteiger partial charge in [0.1, 0.15) is 5.82 Å². The van der Waals surface area contributed by atoms with Crippen LogP contribution < -0.4 is 5.32 Å². The van der Waals surface area contributed by atoms with Crippen molar-refractivity contribution in [3.05, 3.63) is 42.1 Å². The van der Waals surface area contributed by atoms with E-state index in [9.17, 15) is 0 Å². The molecule has 0 atom stereocenters. The highest BCUT2D eigenvalue weighted by atomic mass is 16.5. The van der Waals surface area contributed by atoms with Crippen LogP contribution >= 0.6 is 0 Å². The fourth-order valence-electron chi connectivity index (χ4n) is 1.74. The minimum absolute atomic E-state index is 0.598. The van der Waals surface area contributed by atoms with Crippen LogP contribution in [0.3, 0.4) is 0 Å². The van der Waals surface area contributed by atoms with Crippen LogP contribution in [0.25, 0.3) is 11.4 Å². The number of ether oxygens (including phenoxy) is 1. The van der Waals surface area contributed by atoms with Crippen LogP contribution in [-0.2, 0) is 11.3 Å². The Balaban J connectivity index is 2.29. The molecule has 94 valence electrons. The van der Waals surface area contributed by atoms with E-state index in [1.54, 1.807) is 13.3 Å². The first-order valence-corrected chi connectivity index (χ1v) is 5.98. The van der Waals surface area contributed by atoms with Crippen LogP contribution in [0.15, 0.2) is 36.5 Å². The minimum atomic E-state index is 0.598. The highest BCUT2D eigenvalue weighted by molar-refractivity contribution is 5.57. The van der Waals surface area contributed by atoms with Gasteiger partial charge in [0.05, 0.1) is 6.61 Å². The summed E-state index contributed by atoms with van der Waals surface area (Å²) in [5.74, 6) is 1.58. The maximum Gasteiger partial charge on any atom is 0.161 e. The third-order valence-electron chi connectivity index (χ3n) is 2.51. The van der Waals surface area contributed by atoms with Gasteiger partial charge in [-0.3, -0.25) is 0 Å². The largest absolute Gasteiger partial charge is 0.380 e. The Kier molecular flexibility index (Phi) is 4.25. The number of nitrogens with one attached hydrogen (secondary N) is 1. The smallest absolute Gasteiger partial charge is 0.161 e. The second kappa shape index (κ2) is 6.12. The third kappa shape index (κ3) is 3.05. The lowest BCUT2D eigenvalue weighted by Gasteiger charge is -2.06. The van der Waals surface area contributed by atoms with Gasteiger partial charge in [0.25, 0.3) is 0 Å². The maximum atomic E-state index is 5.13. The molecule has 1 N–H and O–H groups in total. The van der Waals surface area contributed by atoms with E-state index in [1.165, 1.54) is 0 Å². The number of aromatic nitrogens is 2. The monoisotopic (exact) mass is 243 g/mol. The highest BCUT2D eigenvalue weighted by Gasteiger charge is 2.03. The summed E-state index contributed by atoms with van der Waals surface area (Å²) < 4.78 is 5.13. The van der Waals surface area contributed by atoms with Crippen molar-refractivity contribution in [2.45, 2.75) is 13.5 Å². The molecule has 4 nitrogen and oxygen atoms in total. The summed E-state index contributed by atoms with van der Waals surface area (Å²) in [6.07, 6.45) is 1.77. The van der Waals surface area contributed by atoms with Crippen molar-refractivity contribution in [2.75, 3.05) is 19.0 Å². The maximum absolute atomic E-state index is 5.13. The molecule has 0 saturated carbocycles. The van der Waals surface area contributed by atoms with Gasteiger partial charge >= 0.3 is 0 Å². The fourth-order valence-corrected chi connectivity index (χ4v) is 1.74. The van der Waals surface area contributed by atoms with Gasteiger partial charge in [0.2, 0.25) is 0 Å². The average molecular weight is 243 g/mol. The van der Waals surface area contributed by atoms with Gasteiger partial charge in [0, 0.05) is 25.4 Å². The summed E-state index contributed by atoms with van der Waals surface area (Å²) in [6, 6.07) is 9.94. The van der Waals surface area contributed by atoms with E-state index in [0.29, 0.717) is 6.61 Å². The average Bonchev–Trinajstić information content (AvgIpc) is 2.40. The molecule has 1 aromatic carbocycles. The van der Waals surface area contributed by atoms with Crippen molar-refractivity contribution in [1.82, 2.24) is 9.97 Å². The van der Waals surface area contributed by atoms with Crippen molar-refractivity contribution in [3.8, 4) is 11.4 Å². The molecule has 1 aromatic heterocycles. The lowest BCUT2D eigenvalue weighted by molar-refractivity contribution is 0.185. The molecular formula is C14H17N3O. The molecule has 0 unspecified atom stereocenters. The topological polar surface area (TPSA) is 47.0 Å². The summed E-state index contributed by atoms with van der Waals surface area (Å²) in [4.78, 5) is 8.77. The minimum Gasteiger partial charge on any atom is -0.380 e. The van der Waals surface area contributed by atoms with Crippen LogP contribution in [0.4, 0.5) is 5.82 Å². The van der Waals surface area contributed by atoms with E-state index in [4.69, 9.17) is 4.74 Å². The van der Waals surface area contributed by atoms with E-state index >= 15 is 0 Å². The van der Waals surface area contributed by atoms with Crippen molar-refractivity contribution in [1.29, 1.82) is 0 Å². The van der Waals surface area contributed by atoms with Crippen LogP contribution in [-0.4, -0.2) is 23.6 Å². The second-order valence-electron chi connectivity index (χ2n) is 3.93. The molecule has 0 aliphatic carbocycles. The Morgan fingerprint density at radius 2 is 2.17 bits per heavy atom. The van der Waals surface area contributed by atoms with Gasteiger partial charge in [0.15, 0.2) is 5.82 Å². The van der Waals surface area contributed by atoms with Gasteiger partial charge in [-0.1, -0.05) is 18.2 Å². The van der Waals surface area contributed by atoms with Crippen LogP contribution in [0.5, 0.6) is 0 Å². The van der Waals surface area contributed by atoms with E-state index in [1.807, 2.05) is 31.2 Å². The van der Waals surface area contributed by atoms with Gasteiger partial charge in [-0.25, -0.2) is 9.97 Å². The Morgan fingerprint density at radius 3 is 2.94 bits per heavy atom. The first-order valence-electron chi connectivity index (χ1n) is 5.98. The van der Waals surface area contributed by atoms with Gasteiger partial charge < -0.3 is 10.1 Å². The fraction of sp³-hybridized carbons (Fsp3) is 0.286. The number of methoxy groups -OCH3 is 1. The third-order valence-corrected chi connectivity index (χ3v) is 2.51. The first-order chi connectivity index (χ1) is 8.83. The summed E-state index contributed by atoms with van der Waals surface area (Å²) >= 11 is 0. The highest BCUT2D eigenvalue weighted by Crippen LogP contribution is 2.18. The summed E-state index contributed by atoms with van der Waals surface area (Å²) in [5.41, 5.74) is 2.12. The molecule has 0 fully saturated rings. The van der Waals surface area contributed by atoms with Crippen LogP contribution in [0, 0.1) is 0 Å². The predicted molar refractivity (Wildman–Crippen MR) is 72.3 cm³/mol. The normalized spacial score (nSPS) is 10.3. The molecule has 0 radical (unpaired) electrons. The second-order valence-corrected chi connectivity index (χ2v) is 3.93. The number of hydrogen-bond acceptors (Lipinski definition) is 4. The zero-order chi connectivity index (χ0) is 12.8. The SMILES string of the molecule is CCNc1ccnc(-c2cccc(COC)c2)n1. The number of rotatable bonds is 5. The zero-order valence-electron chi connectivity index (χ0n) is 10.7. The summed E-state index contributed by atoms with van der Waals surface area (Å²) in [5, 5.41) is 3.18. The van der Waals surface area contributed by atoms with Crippen LogP contribution in [0.1, 0.15) is 12.5 Å². The Labute approximate surface area is 107 Å². The number of nitrogens with zero attached hydrogens (tertiary/aromatic N) is 2. The molecule has 1 heterocycles.